The van der Waals surface area contributed by atoms with Gasteiger partial charge in [0.25, 0.3) is 0 Å². The van der Waals surface area contributed by atoms with Crippen LogP contribution in [0.25, 0.3) is 0 Å². The molecule has 0 amide bonds. The Morgan fingerprint density at radius 2 is 1.59 bits per heavy atom. The van der Waals surface area contributed by atoms with Crippen molar-refractivity contribution in [3.8, 4) is 0 Å². The van der Waals surface area contributed by atoms with E-state index in [2.05, 4.69) is 46.1 Å². The maximum absolute atomic E-state index is 10.4. The van der Waals surface area contributed by atoms with Gasteiger partial charge in [-0.3, -0.25) is 4.90 Å². The Balaban J connectivity index is 4.94. The van der Waals surface area contributed by atoms with E-state index in [0.29, 0.717) is 12.1 Å². The molecular weight excluding hydrogens is 210 g/mol. The van der Waals surface area contributed by atoms with Gasteiger partial charge >= 0.3 is 0 Å². The van der Waals surface area contributed by atoms with Gasteiger partial charge in [0.15, 0.2) is 0 Å². The zero-order valence-corrected chi connectivity index (χ0v) is 12.7. The topological polar surface area (TPSA) is 23.5 Å². The van der Waals surface area contributed by atoms with Gasteiger partial charge in [0.05, 0.1) is 5.60 Å². The minimum atomic E-state index is -0.677. The first-order valence-corrected chi connectivity index (χ1v) is 6.71. The van der Waals surface area contributed by atoms with Crippen LogP contribution in [-0.4, -0.2) is 33.7 Å². The summed E-state index contributed by atoms with van der Waals surface area (Å²) in [5, 5.41) is 10.4. The van der Waals surface area contributed by atoms with Gasteiger partial charge in [-0.05, 0) is 61.3 Å². The van der Waals surface area contributed by atoms with Crippen LogP contribution < -0.4 is 0 Å². The van der Waals surface area contributed by atoms with Crippen LogP contribution in [0.15, 0.2) is 12.2 Å². The second kappa shape index (κ2) is 6.55. The van der Waals surface area contributed by atoms with Crippen molar-refractivity contribution in [3.05, 3.63) is 12.2 Å². The molecule has 0 aliphatic rings. The van der Waals surface area contributed by atoms with E-state index in [1.807, 2.05) is 13.8 Å². The fourth-order valence-electron chi connectivity index (χ4n) is 2.57. The van der Waals surface area contributed by atoms with Gasteiger partial charge in [-0.15, -0.1) is 6.58 Å². The molecule has 2 nitrogen and oxygen atoms in total. The predicted molar refractivity (Wildman–Crippen MR) is 76.2 cm³/mol. The molecule has 1 unspecified atom stereocenters. The fourth-order valence-corrected chi connectivity index (χ4v) is 2.57. The molecule has 1 N–H and O–H groups in total. The molecule has 0 saturated carbocycles. The lowest BCUT2D eigenvalue weighted by Crippen LogP contribution is -2.54. The van der Waals surface area contributed by atoms with Crippen molar-refractivity contribution in [1.82, 2.24) is 4.90 Å². The summed E-state index contributed by atoms with van der Waals surface area (Å²) in [6, 6.07) is 1.06. The molecule has 17 heavy (non-hydrogen) atoms. The SMILES string of the molecule is C=C(C)CCC(N(C(C)C)C(C)C)C(C)(C)O. The zero-order valence-electron chi connectivity index (χ0n) is 12.7. The van der Waals surface area contributed by atoms with Crippen molar-refractivity contribution in [2.45, 2.75) is 85.0 Å². The highest BCUT2D eigenvalue weighted by Crippen LogP contribution is 2.25. The van der Waals surface area contributed by atoms with Crippen molar-refractivity contribution in [2.24, 2.45) is 0 Å². The first kappa shape index (κ1) is 16.7. The lowest BCUT2D eigenvalue weighted by Gasteiger charge is -2.44. The Labute approximate surface area is 108 Å². The van der Waals surface area contributed by atoms with E-state index < -0.39 is 5.60 Å². The lowest BCUT2D eigenvalue weighted by molar-refractivity contribution is -0.0478. The highest BCUT2D eigenvalue weighted by molar-refractivity contribution is 4.95. The average Bonchev–Trinajstić information content (AvgIpc) is 2.07. The van der Waals surface area contributed by atoms with E-state index in [1.54, 1.807) is 0 Å². The minimum absolute atomic E-state index is 0.180. The van der Waals surface area contributed by atoms with Gasteiger partial charge in [0.1, 0.15) is 0 Å². The number of allylic oxidation sites excluding steroid dienone is 1. The van der Waals surface area contributed by atoms with Gasteiger partial charge < -0.3 is 5.11 Å². The summed E-state index contributed by atoms with van der Waals surface area (Å²) in [7, 11) is 0. The largest absolute Gasteiger partial charge is 0.389 e. The van der Waals surface area contributed by atoms with Crippen LogP contribution in [-0.2, 0) is 0 Å². The number of hydrogen-bond donors (Lipinski definition) is 1. The third-order valence-corrected chi connectivity index (χ3v) is 3.21. The zero-order chi connectivity index (χ0) is 13.8. The molecule has 0 saturated heterocycles. The predicted octanol–water partition coefficient (Wildman–Crippen LogP) is 3.60. The van der Waals surface area contributed by atoms with E-state index in [1.165, 1.54) is 5.57 Å². The van der Waals surface area contributed by atoms with E-state index in [4.69, 9.17) is 0 Å². The third-order valence-electron chi connectivity index (χ3n) is 3.21. The molecule has 102 valence electrons. The lowest BCUT2D eigenvalue weighted by atomic mass is 9.89. The minimum Gasteiger partial charge on any atom is -0.389 e. The molecule has 0 aromatic rings. The van der Waals surface area contributed by atoms with Crippen LogP contribution in [0.1, 0.15) is 61.3 Å². The monoisotopic (exact) mass is 241 g/mol. The van der Waals surface area contributed by atoms with Gasteiger partial charge in [-0.25, -0.2) is 0 Å². The highest BCUT2D eigenvalue weighted by Gasteiger charge is 2.34. The van der Waals surface area contributed by atoms with Crippen LogP contribution in [0.4, 0.5) is 0 Å². The van der Waals surface area contributed by atoms with E-state index >= 15 is 0 Å². The van der Waals surface area contributed by atoms with E-state index in [0.717, 1.165) is 12.8 Å². The Hall–Kier alpha value is -0.340. The van der Waals surface area contributed by atoms with Gasteiger partial charge in [-0.1, -0.05) is 5.57 Å². The molecule has 0 aromatic heterocycles. The molecule has 0 fully saturated rings. The van der Waals surface area contributed by atoms with E-state index in [9.17, 15) is 5.11 Å². The van der Waals surface area contributed by atoms with Crippen LogP contribution in [0.3, 0.4) is 0 Å². The third kappa shape index (κ3) is 5.69. The molecule has 0 aromatic carbocycles. The van der Waals surface area contributed by atoms with Crippen molar-refractivity contribution < 1.29 is 5.11 Å². The number of aliphatic hydroxyl groups is 1. The van der Waals surface area contributed by atoms with E-state index in [-0.39, 0.29) is 6.04 Å². The molecule has 0 heterocycles. The molecule has 1 atom stereocenters. The summed E-state index contributed by atoms with van der Waals surface area (Å²) in [5.74, 6) is 0. The molecule has 0 aliphatic carbocycles. The quantitative estimate of drug-likeness (QED) is 0.688. The summed E-state index contributed by atoms with van der Waals surface area (Å²) in [6.45, 7) is 18.6. The molecular formula is C15H31NO. The summed E-state index contributed by atoms with van der Waals surface area (Å²) in [4.78, 5) is 2.41. The molecule has 0 bridgehead atoms. The summed E-state index contributed by atoms with van der Waals surface area (Å²) < 4.78 is 0. The fraction of sp³-hybridized carbons (Fsp3) is 0.867. The molecule has 0 spiro atoms. The van der Waals surface area contributed by atoms with Crippen molar-refractivity contribution in [2.75, 3.05) is 0 Å². The maximum Gasteiger partial charge on any atom is 0.0746 e. The smallest absolute Gasteiger partial charge is 0.0746 e. The van der Waals surface area contributed by atoms with Gasteiger partial charge in [0, 0.05) is 18.1 Å². The van der Waals surface area contributed by atoms with Crippen LogP contribution >= 0.6 is 0 Å². The van der Waals surface area contributed by atoms with Crippen LogP contribution in [0.5, 0.6) is 0 Å². The first-order chi connectivity index (χ1) is 7.57. The second-order valence-electron chi connectivity index (χ2n) is 6.30. The number of hydrogen-bond acceptors (Lipinski definition) is 2. The molecule has 0 radical (unpaired) electrons. The summed E-state index contributed by atoms with van der Waals surface area (Å²) >= 11 is 0. The molecule has 0 rings (SSSR count). The Kier molecular flexibility index (Phi) is 6.42. The Morgan fingerprint density at radius 3 is 1.82 bits per heavy atom. The molecule has 0 aliphatic heterocycles. The number of nitrogens with zero attached hydrogens (tertiary/aromatic N) is 1. The maximum atomic E-state index is 10.4. The Bertz CT molecular complexity index is 230. The first-order valence-electron chi connectivity index (χ1n) is 6.71. The van der Waals surface area contributed by atoms with Crippen molar-refractivity contribution in [3.63, 3.8) is 0 Å². The highest BCUT2D eigenvalue weighted by atomic mass is 16.3. The normalized spacial score (nSPS) is 14.8. The van der Waals surface area contributed by atoms with Crippen molar-refractivity contribution in [1.29, 1.82) is 0 Å². The number of rotatable bonds is 7. The summed E-state index contributed by atoms with van der Waals surface area (Å²) in [5.41, 5.74) is 0.510. The molecule has 2 heteroatoms. The average molecular weight is 241 g/mol. The van der Waals surface area contributed by atoms with Gasteiger partial charge in [0.2, 0.25) is 0 Å². The Morgan fingerprint density at radius 1 is 1.18 bits per heavy atom. The summed E-state index contributed by atoms with van der Waals surface area (Å²) in [6.07, 6.45) is 1.94. The second-order valence-corrected chi connectivity index (χ2v) is 6.30. The van der Waals surface area contributed by atoms with Crippen molar-refractivity contribution >= 4 is 0 Å². The van der Waals surface area contributed by atoms with Crippen LogP contribution in [0, 0.1) is 0 Å². The standard InChI is InChI=1S/C15H31NO/c1-11(2)9-10-14(15(7,8)17)16(12(3)4)13(5)6/h12-14,17H,1,9-10H2,2-8H3. The van der Waals surface area contributed by atoms with Crippen LogP contribution in [0.2, 0.25) is 0 Å². The van der Waals surface area contributed by atoms with Gasteiger partial charge in [-0.2, -0.15) is 0 Å².